The smallest absolute Gasteiger partial charge is 0.338 e. The van der Waals surface area contributed by atoms with Crippen LogP contribution >= 0.6 is 0 Å². The molecule has 1 aliphatic heterocycles. The highest BCUT2D eigenvalue weighted by molar-refractivity contribution is 5.93. The standard InChI is InChI=1S/C15H18FN3O4/c1-9(20)18-13-7-10(4-5-12(13)16)14(21)23-8-11-3-2-6-19(11)15(17)22/h4-5,7,11H,2-3,6,8H2,1H3,(H2,17,22)(H,18,20). The first-order chi connectivity index (χ1) is 10.9. The molecule has 124 valence electrons. The third kappa shape index (κ3) is 4.18. The molecule has 8 heteroatoms. The maximum Gasteiger partial charge on any atom is 0.338 e. The maximum absolute atomic E-state index is 13.5. The van der Waals surface area contributed by atoms with Crippen molar-refractivity contribution in [1.82, 2.24) is 4.90 Å². The highest BCUT2D eigenvalue weighted by Crippen LogP contribution is 2.19. The van der Waals surface area contributed by atoms with E-state index in [4.69, 9.17) is 10.5 Å². The zero-order valence-corrected chi connectivity index (χ0v) is 12.7. The first kappa shape index (κ1) is 16.7. The molecule has 0 bridgehead atoms. The number of benzene rings is 1. The number of nitrogens with zero attached hydrogens (tertiary/aromatic N) is 1. The van der Waals surface area contributed by atoms with Crippen LogP contribution in [0.1, 0.15) is 30.1 Å². The minimum absolute atomic E-state index is 0.0224. The summed E-state index contributed by atoms with van der Waals surface area (Å²) in [4.78, 5) is 35.7. The van der Waals surface area contributed by atoms with Crippen molar-refractivity contribution in [2.24, 2.45) is 5.73 Å². The Labute approximate surface area is 132 Å². The molecule has 23 heavy (non-hydrogen) atoms. The largest absolute Gasteiger partial charge is 0.460 e. The Bertz CT molecular complexity index is 635. The molecule has 1 aromatic carbocycles. The zero-order valence-electron chi connectivity index (χ0n) is 12.7. The van der Waals surface area contributed by atoms with Gasteiger partial charge in [-0.15, -0.1) is 0 Å². The monoisotopic (exact) mass is 323 g/mol. The number of primary amides is 1. The van der Waals surface area contributed by atoms with E-state index in [0.717, 1.165) is 12.5 Å². The van der Waals surface area contributed by atoms with E-state index in [1.807, 2.05) is 0 Å². The van der Waals surface area contributed by atoms with Crippen molar-refractivity contribution in [3.8, 4) is 0 Å². The minimum Gasteiger partial charge on any atom is -0.460 e. The summed E-state index contributed by atoms with van der Waals surface area (Å²) in [5.74, 6) is -1.75. The molecule has 1 aliphatic rings. The number of likely N-dealkylation sites (tertiary alicyclic amines) is 1. The van der Waals surface area contributed by atoms with Crippen LogP contribution in [0.3, 0.4) is 0 Å². The van der Waals surface area contributed by atoms with Gasteiger partial charge in [0, 0.05) is 13.5 Å². The number of rotatable bonds is 4. The third-order valence-electron chi connectivity index (χ3n) is 3.58. The maximum atomic E-state index is 13.5. The van der Waals surface area contributed by atoms with Gasteiger partial charge >= 0.3 is 12.0 Å². The lowest BCUT2D eigenvalue weighted by Crippen LogP contribution is -2.41. The topological polar surface area (TPSA) is 102 Å². The number of hydrogen-bond donors (Lipinski definition) is 2. The number of amides is 3. The second-order valence-electron chi connectivity index (χ2n) is 5.30. The average molecular weight is 323 g/mol. The predicted molar refractivity (Wildman–Crippen MR) is 80.3 cm³/mol. The summed E-state index contributed by atoms with van der Waals surface area (Å²) >= 11 is 0. The summed E-state index contributed by atoms with van der Waals surface area (Å²) in [6, 6.07) is 2.76. The molecule has 0 aliphatic carbocycles. The average Bonchev–Trinajstić information content (AvgIpc) is 2.95. The molecule has 7 nitrogen and oxygen atoms in total. The van der Waals surface area contributed by atoms with Gasteiger partial charge < -0.3 is 20.7 Å². The Morgan fingerprint density at radius 2 is 2.17 bits per heavy atom. The van der Waals surface area contributed by atoms with E-state index in [1.54, 1.807) is 0 Å². The van der Waals surface area contributed by atoms with Gasteiger partial charge in [-0.05, 0) is 31.0 Å². The predicted octanol–water partition coefficient (Wildman–Crippen LogP) is 1.48. The fourth-order valence-corrected chi connectivity index (χ4v) is 2.49. The molecule has 3 N–H and O–H groups in total. The Morgan fingerprint density at radius 1 is 1.43 bits per heavy atom. The van der Waals surface area contributed by atoms with Crippen molar-refractivity contribution in [3.05, 3.63) is 29.6 Å². The molecule has 1 heterocycles. The number of hydrogen-bond acceptors (Lipinski definition) is 4. The van der Waals surface area contributed by atoms with Gasteiger partial charge in [-0.2, -0.15) is 0 Å². The van der Waals surface area contributed by atoms with Crippen molar-refractivity contribution in [2.45, 2.75) is 25.8 Å². The molecule has 1 aromatic rings. The van der Waals surface area contributed by atoms with Crippen molar-refractivity contribution >= 4 is 23.6 Å². The van der Waals surface area contributed by atoms with E-state index in [-0.39, 0.29) is 23.9 Å². The van der Waals surface area contributed by atoms with E-state index < -0.39 is 23.7 Å². The van der Waals surface area contributed by atoms with Crippen LogP contribution in [-0.2, 0) is 9.53 Å². The summed E-state index contributed by atoms with van der Waals surface area (Å²) in [7, 11) is 0. The summed E-state index contributed by atoms with van der Waals surface area (Å²) < 4.78 is 18.7. The fraction of sp³-hybridized carbons (Fsp3) is 0.400. The molecule has 0 spiro atoms. The van der Waals surface area contributed by atoms with Gasteiger partial charge in [0.05, 0.1) is 17.3 Å². The van der Waals surface area contributed by atoms with Crippen molar-refractivity contribution in [1.29, 1.82) is 0 Å². The molecule has 3 amide bonds. The molecule has 1 atom stereocenters. The van der Waals surface area contributed by atoms with Crippen molar-refractivity contribution in [2.75, 3.05) is 18.5 Å². The SMILES string of the molecule is CC(=O)Nc1cc(C(=O)OCC2CCCN2C(N)=O)ccc1F. The second kappa shape index (κ2) is 7.08. The highest BCUT2D eigenvalue weighted by atomic mass is 19.1. The Hall–Kier alpha value is -2.64. The zero-order chi connectivity index (χ0) is 17.0. The first-order valence-corrected chi connectivity index (χ1v) is 7.19. The number of carbonyl (C=O) groups excluding carboxylic acids is 3. The Kier molecular flexibility index (Phi) is 5.15. The molecule has 0 radical (unpaired) electrons. The van der Waals surface area contributed by atoms with Gasteiger partial charge in [0.25, 0.3) is 0 Å². The normalized spacial score (nSPS) is 17.0. The number of nitrogens with two attached hydrogens (primary N) is 1. The minimum atomic E-state index is -0.659. The summed E-state index contributed by atoms with van der Waals surface area (Å²) in [5, 5.41) is 2.30. The van der Waals surface area contributed by atoms with Crippen LogP contribution in [0, 0.1) is 5.82 Å². The lowest BCUT2D eigenvalue weighted by molar-refractivity contribution is -0.114. The van der Waals surface area contributed by atoms with Crippen molar-refractivity contribution < 1.29 is 23.5 Å². The van der Waals surface area contributed by atoms with Gasteiger partial charge in [-0.1, -0.05) is 0 Å². The van der Waals surface area contributed by atoms with Crippen LogP contribution < -0.4 is 11.1 Å². The van der Waals surface area contributed by atoms with Crippen LogP contribution in [0.2, 0.25) is 0 Å². The van der Waals surface area contributed by atoms with E-state index in [2.05, 4.69) is 5.32 Å². The van der Waals surface area contributed by atoms with Crippen molar-refractivity contribution in [3.63, 3.8) is 0 Å². The number of halogens is 1. The number of ether oxygens (including phenoxy) is 1. The lowest BCUT2D eigenvalue weighted by atomic mass is 10.2. The van der Waals surface area contributed by atoms with E-state index in [1.165, 1.54) is 24.0 Å². The van der Waals surface area contributed by atoms with Crippen LogP contribution in [-0.4, -0.2) is 42.0 Å². The van der Waals surface area contributed by atoms with Gasteiger partial charge in [-0.3, -0.25) is 4.79 Å². The summed E-state index contributed by atoms with van der Waals surface area (Å²) in [6.45, 7) is 1.80. The fourth-order valence-electron chi connectivity index (χ4n) is 2.49. The Morgan fingerprint density at radius 3 is 2.83 bits per heavy atom. The summed E-state index contributed by atoms with van der Waals surface area (Å²) in [5.41, 5.74) is 5.27. The third-order valence-corrected chi connectivity index (χ3v) is 3.58. The van der Waals surface area contributed by atoms with Crippen LogP contribution in [0.5, 0.6) is 0 Å². The number of anilines is 1. The molecular formula is C15H18FN3O4. The second-order valence-corrected chi connectivity index (χ2v) is 5.30. The first-order valence-electron chi connectivity index (χ1n) is 7.19. The quantitative estimate of drug-likeness (QED) is 0.819. The highest BCUT2D eigenvalue weighted by Gasteiger charge is 2.28. The molecular weight excluding hydrogens is 305 g/mol. The van der Waals surface area contributed by atoms with E-state index in [0.29, 0.717) is 13.0 Å². The molecule has 0 aromatic heterocycles. The van der Waals surface area contributed by atoms with Crippen LogP contribution in [0.4, 0.5) is 14.9 Å². The molecule has 0 saturated carbocycles. The van der Waals surface area contributed by atoms with Gasteiger partial charge in [0.2, 0.25) is 5.91 Å². The number of carbonyl (C=O) groups is 3. The van der Waals surface area contributed by atoms with E-state index in [9.17, 15) is 18.8 Å². The van der Waals surface area contributed by atoms with E-state index >= 15 is 0 Å². The van der Waals surface area contributed by atoms with Crippen LogP contribution in [0.25, 0.3) is 0 Å². The van der Waals surface area contributed by atoms with Gasteiger partial charge in [-0.25, -0.2) is 14.0 Å². The molecule has 1 unspecified atom stereocenters. The molecule has 1 saturated heterocycles. The van der Waals surface area contributed by atoms with Crippen LogP contribution in [0.15, 0.2) is 18.2 Å². The lowest BCUT2D eigenvalue weighted by Gasteiger charge is -2.22. The number of nitrogens with one attached hydrogen (secondary N) is 1. The molecule has 1 fully saturated rings. The number of esters is 1. The Balaban J connectivity index is 2.00. The summed E-state index contributed by atoms with van der Waals surface area (Å²) in [6.07, 6.45) is 1.51. The number of urea groups is 1. The molecule has 2 rings (SSSR count). The van der Waals surface area contributed by atoms with Gasteiger partial charge in [0.15, 0.2) is 0 Å². The van der Waals surface area contributed by atoms with Gasteiger partial charge in [0.1, 0.15) is 12.4 Å².